The van der Waals surface area contributed by atoms with E-state index in [1.165, 1.54) is 6.07 Å². The summed E-state index contributed by atoms with van der Waals surface area (Å²) in [6.07, 6.45) is -2.12. The van der Waals surface area contributed by atoms with E-state index in [-0.39, 0.29) is 5.76 Å². The van der Waals surface area contributed by atoms with Gasteiger partial charge in [0, 0.05) is 0 Å². The largest absolute Gasteiger partial charge is 0.455 e. The second-order valence-electron chi connectivity index (χ2n) is 3.53. The minimum absolute atomic E-state index is 0.187. The summed E-state index contributed by atoms with van der Waals surface area (Å²) in [6.45, 7) is 0. The van der Waals surface area contributed by atoms with Crippen LogP contribution in [0, 0.1) is 0 Å². The van der Waals surface area contributed by atoms with E-state index in [0.29, 0.717) is 6.42 Å². The Hall–Kier alpha value is -0.620. The Labute approximate surface area is 97.4 Å². The minimum Gasteiger partial charge on any atom is -0.455 e. The summed E-state index contributed by atoms with van der Waals surface area (Å²) in [6, 6.07) is 1.72. The molecule has 1 unspecified atom stereocenters. The minimum atomic E-state index is -4.44. The maximum absolute atomic E-state index is 12.2. The highest BCUT2D eigenvalue weighted by molar-refractivity contribution is 7.80. The fourth-order valence-corrected chi connectivity index (χ4v) is 1.55. The molecule has 0 radical (unpaired) electrons. The van der Waals surface area contributed by atoms with Gasteiger partial charge >= 0.3 is 6.18 Å². The van der Waals surface area contributed by atoms with Crippen molar-refractivity contribution in [2.45, 2.75) is 31.5 Å². The van der Waals surface area contributed by atoms with Gasteiger partial charge in [0.05, 0.1) is 6.04 Å². The Bertz CT molecular complexity index is 324. The highest BCUT2D eigenvalue weighted by atomic mass is 32.1. The molecule has 0 spiro atoms. The Morgan fingerprint density at radius 3 is 2.50 bits per heavy atom. The molecule has 0 bridgehead atoms. The summed E-state index contributed by atoms with van der Waals surface area (Å²) in [5, 5.41) is 0. The van der Waals surface area contributed by atoms with E-state index in [2.05, 4.69) is 17.0 Å². The van der Waals surface area contributed by atoms with Crippen LogP contribution in [-0.2, 0) is 6.18 Å². The van der Waals surface area contributed by atoms with Crippen LogP contribution in [0.3, 0.4) is 0 Å². The lowest BCUT2D eigenvalue weighted by molar-refractivity contribution is -0.153. The average molecular weight is 253 g/mol. The molecule has 0 aliphatic heterocycles. The van der Waals surface area contributed by atoms with E-state index in [4.69, 9.17) is 5.73 Å². The van der Waals surface area contributed by atoms with Crippen LogP contribution in [0.15, 0.2) is 16.5 Å². The fraction of sp³-hybridized carbons (Fsp3) is 0.600. The smallest absolute Gasteiger partial charge is 0.449 e. The number of alkyl halides is 3. The van der Waals surface area contributed by atoms with Crippen LogP contribution in [0.4, 0.5) is 13.2 Å². The molecular formula is C10H14F3NOS. The van der Waals surface area contributed by atoms with Crippen molar-refractivity contribution in [3.63, 3.8) is 0 Å². The molecule has 92 valence electrons. The zero-order valence-corrected chi connectivity index (χ0v) is 9.52. The lowest BCUT2D eigenvalue weighted by atomic mass is 10.1. The molecule has 0 fully saturated rings. The van der Waals surface area contributed by atoms with E-state index in [1.54, 1.807) is 0 Å². The van der Waals surface area contributed by atoms with E-state index < -0.39 is 18.0 Å². The molecule has 1 heterocycles. The molecule has 1 rings (SSSR count). The molecule has 0 aliphatic rings. The van der Waals surface area contributed by atoms with Crippen LogP contribution in [0.5, 0.6) is 0 Å². The summed E-state index contributed by atoms with van der Waals surface area (Å²) in [5.74, 6) is -0.0581. The van der Waals surface area contributed by atoms with Gasteiger partial charge in [-0.1, -0.05) is 6.42 Å². The third kappa shape index (κ3) is 3.75. The number of hydrogen-bond acceptors (Lipinski definition) is 3. The highest BCUT2D eigenvalue weighted by Gasteiger charge is 2.35. The SMILES string of the molecule is NC(CCCCS)c1ccc(C(F)(F)F)o1. The normalized spacial score (nSPS) is 14.1. The quantitative estimate of drug-likeness (QED) is 0.623. The maximum Gasteiger partial charge on any atom is 0.449 e. The van der Waals surface area contributed by atoms with Crippen molar-refractivity contribution in [1.82, 2.24) is 0 Å². The average Bonchev–Trinajstić information content (AvgIpc) is 2.66. The van der Waals surface area contributed by atoms with Gasteiger partial charge in [-0.2, -0.15) is 25.8 Å². The fourth-order valence-electron chi connectivity index (χ4n) is 1.32. The van der Waals surface area contributed by atoms with E-state index in [1.807, 2.05) is 0 Å². The molecule has 1 atom stereocenters. The number of halogens is 3. The van der Waals surface area contributed by atoms with Gasteiger partial charge in [-0.05, 0) is 30.7 Å². The van der Waals surface area contributed by atoms with Crippen molar-refractivity contribution in [2.24, 2.45) is 5.73 Å². The summed E-state index contributed by atoms with van der Waals surface area (Å²) in [5.41, 5.74) is 5.71. The van der Waals surface area contributed by atoms with Gasteiger partial charge in [-0.25, -0.2) is 0 Å². The third-order valence-electron chi connectivity index (χ3n) is 2.19. The van der Waals surface area contributed by atoms with Gasteiger partial charge in [0.25, 0.3) is 0 Å². The first-order chi connectivity index (χ1) is 7.45. The predicted octanol–water partition coefficient (Wildman–Crippen LogP) is 3.40. The van der Waals surface area contributed by atoms with E-state index in [0.717, 1.165) is 24.7 Å². The van der Waals surface area contributed by atoms with E-state index in [9.17, 15) is 13.2 Å². The van der Waals surface area contributed by atoms with Gasteiger partial charge in [0.2, 0.25) is 5.76 Å². The van der Waals surface area contributed by atoms with E-state index >= 15 is 0 Å². The molecule has 6 heteroatoms. The van der Waals surface area contributed by atoms with Gasteiger partial charge < -0.3 is 10.2 Å². The topological polar surface area (TPSA) is 39.2 Å². The Morgan fingerprint density at radius 1 is 1.31 bits per heavy atom. The van der Waals surface area contributed by atoms with Crippen molar-refractivity contribution in [3.8, 4) is 0 Å². The molecule has 0 saturated heterocycles. The lowest BCUT2D eigenvalue weighted by Crippen LogP contribution is -2.09. The summed E-state index contributed by atoms with van der Waals surface area (Å²) >= 11 is 4.04. The molecule has 1 aromatic rings. The second-order valence-corrected chi connectivity index (χ2v) is 3.97. The Kier molecular flexibility index (Phi) is 4.73. The van der Waals surface area contributed by atoms with Crippen LogP contribution in [-0.4, -0.2) is 5.75 Å². The first-order valence-corrected chi connectivity index (χ1v) is 5.61. The molecule has 2 N–H and O–H groups in total. The predicted molar refractivity (Wildman–Crippen MR) is 58.3 cm³/mol. The maximum atomic E-state index is 12.2. The first kappa shape index (κ1) is 13.4. The second kappa shape index (κ2) is 5.63. The summed E-state index contributed by atoms with van der Waals surface area (Å²) in [7, 11) is 0. The molecule has 16 heavy (non-hydrogen) atoms. The monoisotopic (exact) mass is 253 g/mol. The van der Waals surface area contributed by atoms with Gasteiger partial charge in [0.15, 0.2) is 0 Å². The van der Waals surface area contributed by atoms with Crippen LogP contribution < -0.4 is 5.73 Å². The lowest BCUT2D eigenvalue weighted by Gasteiger charge is -2.08. The highest BCUT2D eigenvalue weighted by Crippen LogP contribution is 2.32. The van der Waals surface area contributed by atoms with Crippen molar-refractivity contribution in [1.29, 1.82) is 0 Å². The molecule has 0 saturated carbocycles. The zero-order valence-electron chi connectivity index (χ0n) is 8.63. The zero-order chi connectivity index (χ0) is 12.2. The number of nitrogens with two attached hydrogens (primary N) is 1. The molecule has 2 nitrogen and oxygen atoms in total. The van der Waals surface area contributed by atoms with Crippen LogP contribution in [0.2, 0.25) is 0 Å². The number of rotatable bonds is 5. The summed E-state index contributed by atoms with van der Waals surface area (Å²) < 4.78 is 41.4. The van der Waals surface area contributed by atoms with Crippen molar-refractivity contribution < 1.29 is 17.6 Å². The number of furan rings is 1. The van der Waals surface area contributed by atoms with Gasteiger partial charge in [-0.3, -0.25) is 0 Å². The first-order valence-electron chi connectivity index (χ1n) is 4.98. The summed E-state index contributed by atoms with van der Waals surface area (Å²) in [4.78, 5) is 0. The molecule has 0 amide bonds. The molecule has 0 aromatic carbocycles. The molecule has 0 aliphatic carbocycles. The number of thiol groups is 1. The molecular weight excluding hydrogens is 239 g/mol. The van der Waals surface area contributed by atoms with Gasteiger partial charge in [0.1, 0.15) is 5.76 Å². The van der Waals surface area contributed by atoms with Crippen molar-refractivity contribution in [3.05, 3.63) is 23.7 Å². The third-order valence-corrected chi connectivity index (χ3v) is 2.51. The van der Waals surface area contributed by atoms with Crippen LogP contribution >= 0.6 is 12.6 Å². The van der Waals surface area contributed by atoms with Crippen molar-refractivity contribution >= 4 is 12.6 Å². The standard InChI is InChI=1S/C10H14F3NOS/c11-10(12,13)9-5-4-8(15-9)7(14)3-1-2-6-16/h4-5,7,16H,1-3,6,14H2. The number of hydrogen-bond donors (Lipinski definition) is 2. The van der Waals surface area contributed by atoms with Gasteiger partial charge in [-0.15, -0.1) is 0 Å². The number of unbranched alkanes of at least 4 members (excludes halogenated alkanes) is 1. The van der Waals surface area contributed by atoms with Crippen LogP contribution in [0.25, 0.3) is 0 Å². The Balaban J connectivity index is 2.56. The Morgan fingerprint density at radius 2 is 2.00 bits per heavy atom. The van der Waals surface area contributed by atoms with Crippen LogP contribution in [0.1, 0.15) is 36.8 Å². The van der Waals surface area contributed by atoms with Crippen molar-refractivity contribution in [2.75, 3.05) is 5.75 Å². The molecule has 1 aromatic heterocycles.